The molecule has 0 saturated carbocycles. The molecular weight excluding hydrogens is 221 g/mol. The zero-order valence-electron chi connectivity index (χ0n) is 8.08. The molecule has 3 nitrogen and oxygen atoms in total. The molecule has 0 radical (unpaired) electrons. The van der Waals surface area contributed by atoms with Gasteiger partial charge in [0, 0.05) is 11.6 Å². The van der Waals surface area contributed by atoms with E-state index in [2.05, 4.69) is 5.32 Å². The molecule has 1 aromatic rings. The summed E-state index contributed by atoms with van der Waals surface area (Å²) < 4.78 is 13.2. The van der Waals surface area contributed by atoms with Gasteiger partial charge in [0.1, 0.15) is 5.82 Å². The Morgan fingerprint density at radius 2 is 2.13 bits per heavy atom. The van der Waals surface area contributed by atoms with Crippen molar-refractivity contribution in [3.8, 4) is 0 Å². The van der Waals surface area contributed by atoms with Gasteiger partial charge in [-0.3, -0.25) is 0 Å². The summed E-state index contributed by atoms with van der Waals surface area (Å²) in [7, 11) is 0. The fraction of sp³-hybridized carbons (Fsp3) is 0.400. The summed E-state index contributed by atoms with van der Waals surface area (Å²) in [6.07, 6.45) is 0.350. The summed E-state index contributed by atoms with van der Waals surface area (Å²) in [6, 6.07) is 3.76. The molecule has 0 aliphatic heterocycles. The summed E-state index contributed by atoms with van der Waals surface area (Å²) in [4.78, 5) is 0. The number of rotatable bonds is 5. The standard InChI is InChI=1S/C10H13ClFNO2/c11-7-1-2-9(12)10(5-7)13-8(6-15)3-4-14/h1-2,5,8,13-15H,3-4,6H2. The summed E-state index contributed by atoms with van der Waals surface area (Å²) in [6.45, 7) is -0.243. The third kappa shape index (κ3) is 3.66. The summed E-state index contributed by atoms with van der Waals surface area (Å²) in [5.41, 5.74) is 0.231. The zero-order valence-corrected chi connectivity index (χ0v) is 8.84. The quantitative estimate of drug-likeness (QED) is 0.725. The second kappa shape index (κ2) is 5.90. The smallest absolute Gasteiger partial charge is 0.146 e. The molecule has 0 saturated heterocycles. The van der Waals surface area contributed by atoms with Crippen LogP contribution < -0.4 is 5.32 Å². The summed E-state index contributed by atoms with van der Waals surface area (Å²) >= 11 is 5.70. The van der Waals surface area contributed by atoms with E-state index in [9.17, 15) is 4.39 Å². The van der Waals surface area contributed by atoms with Crippen LogP contribution in [0.3, 0.4) is 0 Å². The Kier molecular flexibility index (Phi) is 4.81. The van der Waals surface area contributed by atoms with Gasteiger partial charge in [0.15, 0.2) is 0 Å². The number of anilines is 1. The highest BCUT2D eigenvalue weighted by Gasteiger charge is 2.09. The van der Waals surface area contributed by atoms with E-state index in [4.69, 9.17) is 21.8 Å². The lowest BCUT2D eigenvalue weighted by Gasteiger charge is -2.16. The van der Waals surface area contributed by atoms with Crippen LogP contribution in [0.15, 0.2) is 18.2 Å². The van der Waals surface area contributed by atoms with Crippen molar-refractivity contribution in [2.24, 2.45) is 0 Å². The molecule has 0 amide bonds. The number of hydrogen-bond acceptors (Lipinski definition) is 3. The van der Waals surface area contributed by atoms with Gasteiger partial charge in [-0.1, -0.05) is 11.6 Å². The lowest BCUT2D eigenvalue weighted by atomic mass is 10.2. The van der Waals surface area contributed by atoms with E-state index in [1.54, 1.807) is 0 Å². The summed E-state index contributed by atoms with van der Waals surface area (Å²) in [5.74, 6) is -0.434. The van der Waals surface area contributed by atoms with Crippen LogP contribution in [0, 0.1) is 5.82 Å². The van der Waals surface area contributed by atoms with E-state index >= 15 is 0 Å². The highest BCUT2D eigenvalue weighted by molar-refractivity contribution is 6.30. The highest BCUT2D eigenvalue weighted by atomic mass is 35.5. The Morgan fingerprint density at radius 1 is 1.40 bits per heavy atom. The van der Waals surface area contributed by atoms with E-state index < -0.39 is 5.82 Å². The molecule has 0 heterocycles. The molecule has 1 aromatic carbocycles. The molecule has 5 heteroatoms. The first kappa shape index (κ1) is 12.2. The average Bonchev–Trinajstić information content (AvgIpc) is 2.22. The molecule has 1 rings (SSSR count). The Bertz CT molecular complexity index is 322. The van der Waals surface area contributed by atoms with Crippen molar-refractivity contribution in [1.29, 1.82) is 0 Å². The fourth-order valence-corrected chi connectivity index (χ4v) is 1.37. The molecule has 15 heavy (non-hydrogen) atoms. The number of aliphatic hydroxyl groups is 2. The van der Waals surface area contributed by atoms with Crippen molar-refractivity contribution >= 4 is 17.3 Å². The summed E-state index contributed by atoms with van der Waals surface area (Å²) in [5, 5.41) is 20.8. The number of halogens is 2. The Balaban J connectivity index is 2.73. The Morgan fingerprint density at radius 3 is 2.73 bits per heavy atom. The second-order valence-electron chi connectivity index (χ2n) is 3.16. The molecule has 0 aliphatic rings. The third-order valence-corrected chi connectivity index (χ3v) is 2.22. The third-order valence-electron chi connectivity index (χ3n) is 1.99. The number of hydrogen-bond donors (Lipinski definition) is 3. The molecular formula is C10H13ClFNO2. The van der Waals surface area contributed by atoms with Gasteiger partial charge in [-0.15, -0.1) is 0 Å². The van der Waals surface area contributed by atoms with Crippen LogP contribution in [0.2, 0.25) is 5.02 Å². The maximum atomic E-state index is 13.2. The lowest BCUT2D eigenvalue weighted by Crippen LogP contribution is -2.25. The van der Waals surface area contributed by atoms with Crippen molar-refractivity contribution in [2.75, 3.05) is 18.5 Å². The van der Waals surface area contributed by atoms with Crippen molar-refractivity contribution in [3.05, 3.63) is 29.0 Å². The Labute approximate surface area is 92.5 Å². The SMILES string of the molecule is OCCC(CO)Nc1cc(Cl)ccc1F. The van der Waals surface area contributed by atoms with Gasteiger partial charge >= 0.3 is 0 Å². The van der Waals surface area contributed by atoms with Crippen LogP contribution in [0.4, 0.5) is 10.1 Å². The molecule has 3 N–H and O–H groups in total. The van der Waals surface area contributed by atoms with Crippen LogP contribution in [-0.4, -0.2) is 29.5 Å². The van der Waals surface area contributed by atoms with E-state index in [1.807, 2.05) is 0 Å². The highest BCUT2D eigenvalue weighted by Crippen LogP contribution is 2.20. The predicted molar refractivity (Wildman–Crippen MR) is 57.6 cm³/mol. The number of nitrogens with one attached hydrogen (secondary N) is 1. The van der Waals surface area contributed by atoms with Gasteiger partial charge in [0.25, 0.3) is 0 Å². The van der Waals surface area contributed by atoms with Crippen LogP contribution in [0.25, 0.3) is 0 Å². The number of benzene rings is 1. The van der Waals surface area contributed by atoms with Crippen LogP contribution in [-0.2, 0) is 0 Å². The first-order chi connectivity index (χ1) is 7.17. The van der Waals surface area contributed by atoms with Crippen molar-refractivity contribution in [1.82, 2.24) is 0 Å². The van der Waals surface area contributed by atoms with Crippen LogP contribution in [0.1, 0.15) is 6.42 Å². The first-order valence-electron chi connectivity index (χ1n) is 4.60. The molecule has 0 spiro atoms. The van der Waals surface area contributed by atoms with Gasteiger partial charge in [-0.25, -0.2) is 4.39 Å². The van der Waals surface area contributed by atoms with Gasteiger partial charge < -0.3 is 15.5 Å². The normalized spacial score (nSPS) is 12.5. The van der Waals surface area contributed by atoms with Gasteiger partial charge in [0.05, 0.1) is 18.3 Å². The van der Waals surface area contributed by atoms with E-state index in [1.165, 1.54) is 18.2 Å². The minimum absolute atomic E-state index is 0.0690. The zero-order chi connectivity index (χ0) is 11.3. The van der Waals surface area contributed by atoms with Gasteiger partial charge in [-0.05, 0) is 24.6 Å². The number of aliphatic hydroxyl groups excluding tert-OH is 2. The minimum atomic E-state index is -0.434. The monoisotopic (exact) mass is 233 g/mol. The maximum Gasteiger partial charge on any atom is 0.146 e. The predicted octanol–water partition coefficient (Wildman–Crippen LogP) is 1.63. The van der Waals surface area contributed by atoms with Crippen LogP contribution in [0.5, 0.6) is 0 Å². The second-order valence-corrected chi connectivity index (χ2v) is 3.60. The largest absolute Gasteiger partial charge is 0.396 e. The van der Waals surface area contributed by atoms with Gasteiger partial charge in [0.2, 0.25) is 0 Å². The molecule has 0 fully saturated rings. The molecule has 0 aliphatic carbocycles. The molecule has 0 aromatic heterocycles. The molecule has 0 bridgehead atoms. The van der Waals surface area contributed by atoms with Crippen molar-refractivity contribution in [2.45, 2.75) is 12.5 Å². The van der Waals surface area contributed by atoms with E-state index in [0.29, 0.717) is 11.4 Å². The van der Waals surface area contributed by atoms with Crippen molar-refractivity contribution < 1.29 is 14.6 Å². The molecule has 84 valence electrons. The first-order valence-corrected chi connectivity index (χ1v) is 4.98. The van der Waals surface area contributed by atoms with Crippen LogP contribution >= 0.6 is 11.6 Å². The van der Waals surface area contributed by atoms with E-state index in [0.717, 1.165) is 0 Å². The maximum absolute atomic E-state index is 13.2. The van der Waals surface area contributed by atoms with E-state index in [-0.39, 0.29) is 24.9 Å². The molecule has 1 unspecified atom stereocenters. The minimum Gasteiger partial charge on any atom is -0.396 e. The lowest BCUT2D eigenvalue weighted by molar-refractivity contribution is 0.228. The van der Waals surface area contributed by atoms with Crippen molar-refractivity contribution in [3.63, 3.8) is 0 Å². The Hall–Kier alpha value is -0.840. The van der Waals surface area contributed by atoms with Gasteiger partial charge in [-0.2, -0.15) is 0 Å². The fourth-order valence-electron chi connectivity index (χ4n) is 1.19. The average molecular weight is 234 g/mol. The molecule has 1 atom stereocenters. The topological polar surface area (TPSA) is 52.5 Å².